The first-order chi connectivity index (χ1) is 9.56. The largest absolute Gasteiger partial charge is 0.497 e. The lowest BCUT2D eigenvalue weighted by Gasteiger charge is -2.09. The Labute approximate surface area is 124 Å². The Bertz CT molecular complexity index is 633. The zero-order valence-electron chi connectivity index (χ0n) is 10.9. The van der Waals surface area contributed by atoms with Gasteiger partial charge in [0, 0.05) is 17.2 Å². The quantitative estimate of drug-likeness (QED) is 0.794. The van der Waals surface area contributed by atoms with Crippen molar-refractivity contribution in [3.05, 3.63) is 57.8 Å². The minimum absolute atomic E-state index is 0.145. The second-order valence-electron chi connectivity index (χ2n) is 4.03. The van der Waals surface area contributed by atoms with Crippen molar-refractivity contribution in [2.75, 3.05) is 14.2 Å². The number of hydrogen-bond donors (Lipinski definition) is 0. The van der Waals surface area contributed by atoms with Gasteiger partial charge in [0.15, 0.2) is 5.78 Å². The van der Waals surface area contributed by atoms with E-state index in [2.05, 4.69) is 15.9 Å². The lowest BCUT2D eigenvalue weighted by atomic mass is 10.0. The molecular formula is C15H12BrFO3. The van der Waals surface area contributed by atoms with Crippen molar-refractivity contribution >= 4 is 21.7 Å². The van der Waals surface area contributed by atoms with Crippen LogP contribution < -0.4 is 9.47 Å². The first-order valence-corrected chi connectivity index (χ1v) is 6.58. The molecule has 0 aliphatic rings. The summed E-state index contributed by atoms with van der Waals surface area (Å²) in [6.45, 7) is 0. The number of ketones is 1. The minimum Gasteiger partial charge on any atom is -0.497 e. The molecular weight excluding hydrogens is 327 g/mol. The van der Waals surface area contributed by atoms with Crippen LogP contribution in [0.2, 0.25) is 0 Å². The van der Waals surface area contributed by atoms with Gasteiger partial charge in [0.1, 0.15) is 17.3 Å². The number of carbonyl (C=O) groups excluding carboxylic acids is 1. The maximum absolute atomic E-state index is 13.5. The van der Waals surface area contributed by atoms with Gasteiger partial charge < -0.3 is 9.47 Å². The molecule has 3 nitrogen and oxygen atoms in total. The first kappa shape index (κ1) is 14.5. The molecule has 0 fully saturated rings. The molecule has 0 bridgehead atoms. The monoisotopic (exact) mass is 338 g/mol. The summed E-state index contributed by atoms with van der Waals surface area (Å²) in [5, 5.41) is 0. The Morgan fingerprint density at radius 1 is 1.10 bits per heavy atom. The first-order valence-electron chi connectivity index (χ1n) is 5.78. The van der Waals surface area contributed by atoms with E-state index in [4.69, 9.17) is 9.47 Å². The van der Waals surface area contributed by atoms with Crippen molar-refractivity contribution in [2.45, 2.75) is 0 Å². The van der Waals surface area contributed by atoms with Gasteiger partial charge in [-0.2, -0.15) is 0 Å². The molecule has 0 heterocycles. The molecule has 0 spiro atoms. The van der Waals surface area contributed by atoms with Gasteiger partial charge in [-0.25, -0.2) is 4.39 Å². The van der Waals surface area contributed by atoms with Crippen molar-refractivity contribution in [3.8, 4) is 11.5 Å². The standard InChI is InChI=1S/C15H12BrFO3/c1-19-10-6-9(7-11(8-10)20-2)15(18)12-4-3-5-13(17)14(12)16/h3-8H,1-2H3. The molecule has 0 unspecified atom stereocenters. The van der Waals surface area contributed by atoms with Crippen molar-refractivity contribution < 1.29 is 18.7 Å². The fourth-order valence-electron chi connectivity index (χ4n) is 1.77. The maximum Gasteiger partial charge on any atom is 0.194 e. The summed E-state index contributed by atoms with van der Waals surface area (Å²) in [5.41, 5.74) is 0.618. The van der Waals surface area contributed by atoms with Gasteiger partial charge >= 0.3 is 0 Å². The summed E-state index contributed by atoms with van der Waals surface area (Å²) in [4.78, 5) is 12.4. The van der Waals surface area contributed by atoms with E-state index in [0.29, 0.717) is 17.1 Å². The zero-order valence-corrected chi connectivity index (χ0v) is 12.5. The van der Waals surface area contributed by atoms with Crippen LogP contribution in [0.15, 0.2) is 40.9 Å². The van der Waals surface area contributed by atoms with Crippen LogP contribution in [0.5, 0.6) is 11.5 Å². The lowest BCUT2D eigenvalue weighted by Crippen LogP contribution is -2.04. The molecule has 0 saturated heterocycles. The summed E-state index contributed by atoms with van der Waals surface area (Å²) in [6, 6.07) is 9.17. The van der Waals surface area contributed by atoms with Crippen molar-refractivity contribution in [1.29, 1.82) is 0 Å². The Balaban J connectivity index is 2.50. The van der Waals surface area contributed by atoms with Crippen LogP contribution in [0.3, 0.4) is 0 Å². The van der Waals surface area contributed by atoms with E-state index >= 15 is 0 Å². The number of carbonyl (C=O) groups is 1. The van der Waals surface area contributed by atoms with Gasteiger partial charge in [-0.15, -0.1) is 0 Å². The van der Waals surface area contributed by atoms with Crippen LogP contribution in [0.1, 0.15) is 15.9 Å². The van der Waals surface area contributed by atoms with Crippen LogP contribution in [-0.4, -0.2) is 20.0 Å². The molecule has 0 atom stereocenters. The predicted octanol–water partition coefficient (Wildman–Crippen LogP) is 3.84. The fraction of sp³-hybridized carbons (Fsp3) is 0.133. The zero-order chi connectivity index (χ0) is 14.7. The maximum atomic E-state index is 13.5. The van der Waals surface area contributed by atoms with Crippen LogP contribution in [0, 0.1) is 5.82 Å². The van der Waals surface area contributed by atoms with E-state index in [1.165, 1.54) is 26.4 Å². The summed E-state index contributed by atoms with van der Waals surface area (Å²) in [6.07, 6.45) is 0. The highest BCUT2D eigenvalue weighted by Gasteiger charge is 2.16. The van der Waals surface area contributed by atoms with Crippen LogP contribution in [-0.2, 0) is 0 Å². The van der Waals surface area contributed by atoms with Crippen LogP contribution in [0.25, 0.3) is 0 Å². The van der Waals surface area contributed by atoms with E-state index in [9.17, 15) is 9.18 Å². The average Bonchev–Trinajstić information content (AvgIpc) is 2.48. The molecule has 0 amide bonds. The van der Waals surface area contributed by atoms with E-state index in [0.717, 1.165) is 0 Å². The molecule has 2 aromatic carbocycles. The molecule has 2 aromatic rings. The molecule has 0 aromatic heterocycles. The van der Waals surface area contributed by atoms with Crippen molar-refractivity contribution in [3.63, 3.8) is 0 Å². The lowest BCUT2D eigenvalue weighted by molar-refractivity contribution is 0.103. The Morgan fingerprint density at radius 3 is 2.25 bits per heavy atom. The van der Waals surface area contributed by atoms with Crippen LogP contribution >= 0.6 is 15.9 Å². The molecule has 20 heavy (non-hydrogen) atoms. The highest BCUT2D eigenvalue weighted by Crippen LogP contribution is 2.27. The molecule has 0 N–H and O–H groups in total. The van der Waals surface area contributed by atoms with Crippen molar-refractivity contribution in [2.24, 2.45) is 0 Å². The number of methoxy groups -OCH3 is 2. The number of ether oxygens (including phenoxy) is 2. The Kier molecular flexibility index (Phi) is 4.39. The van der Waals surface area contributed by atoms with Crippen molar-refractivity contribution in [1.82, 2.24) is 0 Å². The smallest absolute Gasteiger partial charge is 0.194 e. The van der Waals surface area contributed by atoms with Gasteiger partial charge in [-0.05, 0) is 40.2 Å². The van der Waals surface area contributed by atoms with E-state index in [1.807, 2.05) is 0 Å². The van der Waals surface area contributed by atoms with E-state index in [-0.39, 0.29) is 15.8 Å². The van der Waals surface area contributed by atoms with Gasteiger partial charge in [-0.3, -0.25) is 4.79 Å². The van der Waals surface area contributed by atoms with Gasteiger partial charge in [0.05, 0.1) is 18.7 Å². The fourth-order valence-corrected chi connectivity index (χ4v) is 2.22. The normalized spacial score (nSPS) is 10.2. The van der Waals surface area contributed by atoms with Gasteiger partial charge in [0.2, 0.25) is 0 Å². The number of benzene rings is 2. The molecule has 0 aliphatic carbocycles. The highest BCUT2D eigenvalue weighted by molar-refractivity contribution is 9.10. The average molecular weight is 339 g/mol. The summed E-state index contributed by atoms with van der Waals surface area (Å²) in [7, 11) is 3.00. The minimum atomic E-state index is -0.481. The molecule has 0 aliphatic heterocycles. The Hall–Kier alpha value is -1.88. The number of rotatable bonds is 4. The van der Waals surface area contributed by atoms with Crippen LogP contribution in [0.4, 0.5) is 4.39 Å². The molecule has 2 rings (SSSR count). The predicted molar refractivity (Wildman–Crippen MR) is 77.1 cm³/mol. The molecule has 5 heteroatoms. The second kappa shape index (κ2) is 6.05. The Morgan fingerprint density at radius 2 is 1.70 bits per heavy atom. The summed E-state index contributed by atoms with van der Waals surface area (Å²) < 4.78 is 23.9. The summed E-state index contributed by atoms with van der Waals surface area (Å²) >= 11 is 3.09. The third-order valence-electron chi connectivity index (χ3n) is 2.81. The van der Waals surface area contributed by atoms with Gasteiger partial charge in [0.25, 0.3) is 0 Å². The number of hydrogen-bond acceptors (Lipinski definition) is 3. The summed E-state index contributed by atoms with van der Waals surface area (Å²) in [5.74, 6) is 0.208. The van der Waals surface area contributed by atoms with Gasteiger partial charge in [-0.1, -0.05) is 6.07 Å². The molecule has 104 valence electrons. The third-order valence-corrected chi connectivity index (χ3v) is 3.62. The highest BCUT2D eigenvalue weighted by atomic mass is 79.9. The SMILES string of the molecule is COc1cc(OC)cc(C(=O)c2cccc(F)c2Br)c1. The molecule has 0 saturated carbocycles. The van der Waals surface area contributed by atoms with E-state index < -0.39 is 5.82 Å². The second-order valence-corrected chi connectivity index (χ2v) is 4.82. The topological polar surface area (TPSA) is 35.5 Å². The third kappa shape index (κ3) is 2.82. The molecule has 0 radical (unpaired) electrons. The number of halogens is 2. The van der Waals surface area contributed by atoms with E-state index in [1.54, 1.807) is 24.3 Å².